The number of hydrogen-bond donors (Lipinski definition) is 1. The van der Waals surface area contributed by atoms with Crippen molar-refractivity contribution in [2.75, 3.05) is 6.61 Å². The van der Waals surface area contributed by atoms with Crippen LogP contribution in [0.4, 0.5) is 4.79 Å². The van der Waals surface area contributed by atoms with E-state index in [2.05, 4.69) is 10.2 Å². The summed E-state index contributed by atoms with van der Waals surface area (Å²) in [4.78, 5) is 76.4. The summed E-state index contributed by atoms with van der Waals surface area (Å²) in [6, 6.07) is -1.43. The van der Waals surface area contributed by atoms with Gasteiger partial charge in [-0.25, -0.2) is 14.4 Å². The Balaban J connectivity index is 2.73. The van der Waals surface area contributed by atoms with Gasteiger partial charge in [0.05, 0.1) is 13.0 Å². The fraction of sp³-hybridized carbons (Fsp3) is 0.700. The van der Waals surface area contributed by atoms with Gasteiger partial charge in [-0.2, -0.15) is 0 Å². The smallest absolute Gasteiger partial charge is 0.408 e. The van der Waals surface area contributed by atoms with Gasteiger partial charge >= 0.3 is 24.0 Å². The number of imide groups is 1. The summed E-state index contributed by atoms with van der Waals surface area (Å²) >= 11 is 0. The van der Waals surface area contributed by atoms with Crippen molar-refractivity contribution in [3.8, 4) is 0 Å². The molecule has 0 aromatic heterocycles. The van der Waals surface area contributed by atoms with Crippen LogP contribution in [0.3, 0.4) is 0 Å². The second-order valence-corrected chi connectivity index (χ2v) is 8.55. The summed E-state index contributed by atoms with van der Waals surface area (Å²) in [6.07, 6.45) is -3.27. The molecule has 0 saturated carbocycles. The Bertz CT molecular complexity index is 740. The van der Waals surface area contributed by atoms with Crippen LogP contribution in [0.5, 0.6) is 0 Å². The number of esters is 2. The summed E-state index contributed by atoms with van der Waals surface area (Å²) in [5.41, 5.74) is -0.848. The first-order valence-electron chi connectivity index (χ1n) is 10.1. The molecular weight excluding hydrogens is 428 g/mol. The Morgan fingerprint density at radius 1 is 1.00 bits per heavy atom. The Morgan fingerprint density at radius 2 is 1.56 bits per heavy atom. The van der Waals surface area contributed by atoms with Crippen LogP contribution in [-0.2, 0) is 43.0 Å². The normalized spacial score (nSPS) is 15.8. The van der Waals surface area contributed by atoms with Crippen molar-refractivity contribution in [3.63, 3.8) is 0 Å². The van der Waals surface area contributed by atoms with E-state index in [-0.39, 0.29) is 25.4 Å². The van der Waals surface area contributed by atoms with Gasteiger partial charge in [0.15, 0.2) is 6.10 Å². The number of carbonyl (C=O) groups excluding carboxylic acids is 6. The number of hydroxylamine groups is 2. The maximum absolute atomic E-state index is 12.3. The molecule has 0 radical (unpaired) electrons. The summed E-state index contributed by atoms with van der Waals surface area (Å²) < 4.78 is 15.1. The van der Waals surface area contributed by atoms with E-state index >= 15 is 0 Å². The molecule has 2 atom stereocenters. The van der Waals surface area contributed by atoms with E-state index in [4.69, 9.17) is 14.2 Å². The first kappa shape index (κ1) is 26.9. The first-order chi connectivity index (χ1) is 14.7. The molecule has 180 valence electrons. The number of nitrogens with zero attached hydrogens (tertiary/aromatic N) is 1. The molecule has 12 heteroatoms. The van der Waals surface area contributed by atoms with Gasteiger partial charge in [-0.15, -0.1) is 5.06 Å². The fourth-order valence-electron chi connectivity index (χ4n) is 2.27. The highest BCUT2D eigenvalue weighted by Gasteiger charge is 2.35. The minimum absolute atomic E-state index is 0.0129. The molecule has 0 bridgehead atoms. The number of rotatable bonds is 9. The van der Waals surface area contributed by atoms with Crippen LogP contribution in [-0.4, -0.2) is 65.2 Å². The van der Waals surface area contributed by atoms with Crippen molar-refractivity contribution in [2.24, 2.45) is 5.92 Å². The van der Waals surface area contributed by atoms with Crippen molar-refractivity contribution < 1.29 is 47.8 Å². The van der Waals surface area contributed by atoms with Crippen LogP contribution in [0.1, 0.15) is 60.8 Å². The zero-order chi connectivity index (χ0) is 24.6. The molecule has 0 aromatic carbocycles. The number of ether oxygens (including phenoxy) is 3. The lowest BCUT2D eigenvalue weighted by atomic mass is 10.2. The molecule has 1 aliphatic heterocycles. The van der Waals surface area contributed by atoms with E-state index in [9.17, 15) is 28.8 Å². The highest BCUT2D eigenvalue weighted by Crippen LogP contribution is 2.14. The molecule has 0 spiro atoms. The minimum Gasteiger partial charge on any atom is -0.464 e. The van der Waals surface area contributed by atoms with E-state index in [0.717, 1.165) is 0 Å². The number of carbonyl (C=O) groups is 6. The van der Waals surface area contributed by atoms with Crippen molar-refractivity contribution in [1.29, 1.82) is 0 Å². The maximum atomic E-state index is 12.3. The quantitative estimate of drug-likeness (QED) is 0.301. The Labute approximate surface area is 185 Å². The first-order valence-corrected chi connectivity index (χ1v) is 10.1. The minimum atomic E-state index is -1.49. The molecule has 1 rings (SSSR count). The van der Waals surface area contributed by atoms with Gasteiger partial charge in [-0.3, -0.25) is 14.4 Å². The highest BCUT2D eigenvalue weighted by atomic mass is 16.7. The van der Waals surface area contributed by atoms with Crippen LogP contribution in [0.2, 0.25) is 0 Å². The topological polar surface area (TPSA) is 155 Å². The van der Waals surface area contributed by atoms with E-state index in [0.29, 0.717) is 5.06 Å². The fourth-order valence-corrected chi connectivity index (χ4v) is 2.27. The monoisotopic (exact) mass is 458 g/mol. The lowest BCUT2D eigenvalue weighted by Gasteiger charge is -2.23. The standard InChI is InChI=1S/C20H30N2O10/c1-11(2)10-29-18(27)13(21-19(28)31-20(4,5)6)9-16(25)30-12(3)17(26)32-22-14(23)7-8-15(22)24/h11-13H,7-10H2,1-6H3,(H,21,28)/t12-,13-/m0/s1. The van der Waals surface area contributed by atoms with E-state index in [1.54, 1.807) is 34.6 Å². The molecule has 12 nitrogen and oxygen atoms in total. The Hall–Kier alpha value is -3.18. The zero-order valence-corrected chi connectivity index (χ0v) is 19.1. The van der Waals surface area contributed by atoms with E-state index in [1.165, 1.54) is 6.92 Å². The molecular formula is C20H30N2O10. The molecule has 0 aliphatic carbocycles. The predicted molar refractivity (Wildman–Crippen MR) is 106 cm³/mol. The van der Waals surface area contributed by atoms with Crippen LogP contribution < -0.4 is 5.32 Å². The molecule has 0 unspecified atom stereocenters. The number of alkyl carbamates (subject to hydrolysis) is 1. The second kappa shape index (κ2) is 11.4. The third kappa shape index (κ3) is 9.31. The lowest BCUT2D eigenvalue weighted by molar-refractivity contribution is -0.205. The average molecular weight is 458 g/mol. The van der Waals surface area contributed by atoms with Crippen LogP contribution in [0.25, 0.3) is 0 Å². The van der Waals surface area contributed by atoms with Gasteiger partial charge in [0, 0.05) is 12.8 Å². The van der Waals surface area contributed by atoms with Crippen LogP contribution in [0, 0.1) is 5.92 Å². The molecule has 1 aliphatic rings. The third-order valence-electron chi connectivity index (χ3n) is 3.73. The van der Waals surface area contributed by atoms with Gasteiger partial charge in [0.1, 0.15) is 11.6 Å². The molecule has 32 heavy (non-hydrogen) atoms. The summed E-state index contributed by atoms with van der Waals surface area (Å²) in [6.45, 7) is 9.70. The van der Waals surface area contributed by atoms with Crippen molar-refractivity contribution in [2.45, 2.75) is 78.6 Å². The highest BCUT2D eigenvalue weighted by molar-refractivity contribution is 6.01. The van der Waals surface area contributed by atoms with Crippen molar-refractivity contribution in [3.05, 3.63) is 0 Å². The summed E-state index contributed by atoms with van der Waals surface area (Å²) in [5.74, 6) is -4.42. The Kier molecular flexibility index (Phi) is 9.60. The molecule has 1 N–H and O–H groups in total. The molecule has 1 fully saturated rings. The molecule has 1 heterocycles. The van der Waals surface area contributed by atoms with Gasteiger partial charge in [-0.1, -0.05) is 13.8 Å². The van der Waals surface area contributed by atoms with Crippen molar-refractivity contribution >= 4 is 35.8 Å². The summed E-state index contributed by atoms with van der Waals surface area (Å²) in [7, 11) is 0. The largest absolute Gasteiger partial charge is 0.464 e. The average Bonchev–Trinajstić information content (AvgIpc) is 2.95. The maximum Gasteiger partial charge on any atom is 0.408 e. The van der Waals surface area contributed by atoms with Gasteiger partial charge < -0.3 is 24.4 Å². The number of hydrogen-bond acceptors (Lipinski definition) is 10. The van der Waals surface area contributed by atoms with Crippen LogP contribution in [0.15, 0.2) is 0 Å². The van der Waals surface area contributed by atoms with Crippen LogP contribution >= 0.6 is 0 Å². The molecule has 0 aromatic rings. The molecule has 1 saturated heterocycles. The zero-order valence-electron chi connectivity index (χ0n) is 19.1. The SMILES string of the molecule is CC(C)COC(=O)[C@H](CC(=O)O[C@@H](C)C(=O)ON1C(=O)CCC1=O)NC(=O)OC(C)(C)C. The van der Waals surface area contributed by atoms with E-state index in [1.807, 2.05) is 0 Å². The van der Waals surface area contributed by atoms with Crippen molar-refractivity contribution in [1.82, 2.24) is 10.4 Å². The number of amides is 3. The summed E-state index contributed by atoms with van der Waals surface area (Å²) in [5, 5.41) is 2.57. The van der Waals surface area contributed by atoms with Gasteiger partial charge in [0.25, 0.3) is 11.8 Å². The van der Waals surface area contributed by atoms with Gasteiger partial charge in [0.2, 0.25) is 0 Å². The lowest BCUT2D eigenvalue weighted by Crippen LogP contribution is -2.46. The second-order valence-electron chi connectivity index (χ2n) is 8.55. The third-order valence-corrected chi connectivity index (χ3v) is 3.73. The Morgan fingerprint density at radius 3 is 2.06 bits per heavy atom. The number of nitrogens with one attached hydrogen (secondary N) is 1. The van der Waals surface area contributed by atoms with E-state index < -0.39 is 60.0 Å². The van der Waals surface area contributed by atoms with Gasteiger partial charge in [-0.05, 0) is 33.6 Å². The molecule has 3 amide bonds. The predicted octanol–water partition coefficient (Wildman–Crippen LogP) is 1.01.